The van der Waals surface area contributed by atoms with Crippen LogP contribution in [0.2, 0.25) is 0 Å². The SMILES string of the molecule is CC(C)Sc1nc2sc3c(c2c(=O)n1-c1ccccc1)CCC3. The first kappa shape index (κ1) is 15.0. The van der Waals surface area contributed by atoms with E-state index in [1.807, 2.05) is 30.3 Å². The highest BCUT2D eigenvalue weighted by atomic mass is 32.2. The molecule has 4 rings (SSSR count). The van der Waals surface area contributed by atoms with E-state index in [4.69, 9.17) is 4.98 Å². The second kappa shape index (κ2) is 5.80. The third-order valence-electron chi connectivity index (χ3n) is 4.06. The minimum Gasteiger partial charge on any atom is -0.268 e. The molecule has 2 heterocycles. The van der Waals surface area contributed by atoms with Gasteiger partial charge in [-0.15, -0.1) is 11.3 Å². The zero-order chi connectivity index (χ0) is 16.0. The Morgan fingerprint density at radius 2 is 2.00 bits per heavy atom. The van der Waals surface area contributed by atoms with Gasteiger partial charge in [-0.25, -0.2) is 4.98 Å². The van der Waals surface area contributed by atoms with Gasteiger partial charge in [0, 0.05) is 10.1 Å². The highest BCUT2D eigenvalue weighted by molar-refractivity contribution is 7.99. The summed E-state index contributed by atoms with van der Waals surface area (Å²) < 4.78 is 1.79. The standard InChI is InChI=1S/C18H18N2OS2/c1-11(2)22-18-19-16-15(13-9-6-10-14(13)23-16)17(21)20(18)12-7-4-3-5-8-12/h3-5,7-8,11H,6,9-10H2,1-2H3. The molecule has 118 valence electrons. The summed E-state index contributed by atoms with van der Waals surface area (Å²) in [5.74, 6) is 0. The van der Waals surface area contributed by atoms with Crippen LogP contribution >= 0.6 is 23.1 Å². The number of nitrogens with zero attached hydrogens (tertiary/aromatic N) is 2. The zero-order valence-corrected chi connectivity index (χ0v) is 14.8. The number of rotatable bonds is 3. The molecule has 1 aliphatic carbocycles. The summed E-state index contributed by atoms with van der Waals surface area (Å²) in [7, 11) is 0. The van der Waals surface area contributed by atoms with E-state index in [2.05, 4.69) is 13.8 Å². The average Bonchev–Trinajstić information content (AvgIpc) is 3.08. The fourth-order valence-electron chi connectivity index (χ4n) is 3.12. The highest BCUT2D eigenvalue weighted by Crippen LogP contribution is 2.36. The van der Waals surface area contributed by atoms with Gasteiger partial charge in [0.25, 0.3) is 5.56 Å². The number of aromatic nitrogens is 2. The molecule has 1 aliphatic rings. The van der Waals surface area contributed by atoms with Gasteiger partial charge in [0.05, 0.1) is 11.1 Å². The molecular weight excluding hydrogens is 324 g/mol. The summed E-state index contributed by atoms with van der Waals surface area (Å²) in [5.41, 5.74) is 2.23. The Morgan fingerprint density at radius 1 is 1.22 bits per heavy atom. The van der Waals surface area contributed by atoms with Gasteiger partial charge in [0.15, 0.2) is 5.16 Å². The minimum absolute atomic E-state index is 0.0868. The number of fused-ring (bicyclic) bond motifs is 3. The second-order valence-corrected chi connectivity index (χ2v) is 8.70. The molecule has 0 aliphatic heterocycles. The van der Waals surface area contributed by atoms with E-state index in [0.29, 0.717) is 5.25 Å². The monoisotopic (exact) mass is 342 g/mol. The van der Waals surface area contributed by atoms with Gasteiger partial charge in [0.1, 0.15) is 4.83 Å². The summed E-state index contributed by atoms with van der Waals surface area (Å²) in [5, 5.41) is 2.02. The molecule has 0 saturated heterocycles. The van der Waals surface area contributed by atoms with Crippen molar-refractivity contribution >= 4 is 33.3 Å². The lowest BCUT2D eigenvalue weighted by Crippen LogP contribution is -2.22. The first-order valence-corrected chi connectivity index (χ1v) is 9.64. The zero-order valence-electron chi connectivity index (χ0n) is 13.2. The number of thioether (sulfide) groups is 1. The van der Waals surface area contributed by atoms with Gasteiger partial charge in [-0.05, 0) is 37.0 Å². The van der Waals surface area contributed by atoms with Crippen molar-refractivity contribution in [1.29, 1.82) is 0 Å². The quantitative estimate of drug-likeness (QED) is 0.521. The molecular formula is C18H18N2OS2. The molecule has 0 bridgehead atoms. The van der Waals surface area contributed by atoms with E-state index >= 15 is 0 Å². The molecule has 0 amide bonds. The van der Waals surface area contributed by atoms with Crippen molar-refractivity contribution in [3.8, 4) is 5.69 Å². The summed E-state index contributed by atoms with van der Waals surface area (Å²) >= 11 is 3.36. The molecule has 0 unspecified atom stereocenters. The van der Waals surface area contributed by atoms with Gasteiger partial charge in [-0.2, -0.15) is 0 Å². The van der Waals surface area contributed by atoms with Crippen molar-refractivity contribution in [2.45, 2.75) is 43.5 Å². The number of hydrogen-bond donors (Lipinski definition) is 0. The van der Waals surface area contributed by atoms with Crippen LogP contribution in [0, 0.1) is 0 Å². The van der Waals surface area contributed by atoms with Crippen molar-refractivity contribution in [3.05, 3.63) is 51.1 Å². The largest absolute Gasteiger partial charge is 0.268 e. The van der Waals surface area contributed by atoms with Gasteiger partial charge in [-0.3, -0.25) is 9.36 Å². The van der Waals surface area contributed by atoms with Crippen LogP contribution in [0.1, 0.15) is 30.7 Å². The van der Waals surface area contributed by atoms with E-state index in [-0.39, 0.29) is 5.56 Å². The van der Waals surface area contributed by atoms with Gasteiger partial charge < -0.3 is 0 Å². The number of aryl methyl sites for hydroxylation is 2. The summed E-state index contributed by atoms with van der Waals surface area (Å²) in [6.07, 6.45) is 3.26. The molecule has 3 aromatic rings. The lowest BCUT2D eigenvalue weighted by atomic mass is 10.2. The molecule has 23 heavy (non-hydrogen) atoms. The summed E-state index contributed by atoms with van der Waals surface area (Å²) in [4.78, 5) is 20.4. The molecule has 1 aromatic carbocycles. The Morgan fingerprint density at radius 3 is 2.74 bits per heavy atom. The van der Waals surface area contributed by atoms with Crippen molar-refractivity contribution < 1.29 is 0 Å². The van der Waals surface area contributed by atoms with Crippen LogP contribution in [0.5, 0.6) is 0 Å². The third-order valence-corrected chi connectivity index (χ3v) is 6.21. The van der Waals surface area contributed by atoms with Crippen LogP contribution in [-0.2, 0) is 12.8 Å². The Bertz CT molecular complexity index is 926. The maximum absolute atomic E-state index is 13.3. The van der Waals surface area contributed by atoms with Crippen molar-refractivity contribution in [1.82, 2.24) is 9.55 Å². The maximum atomic E-state index is 13.3. The summed E-state index contributed by atoms with van der Waals surface area (Å²) in [6, 6.07) is 9.86. The van der Waals surface area contributed by atoms with E-state index in [0.717, 1.165) is 40.3 Å². The highest BCUT2D eigenvalue weighted by Gasteiger charge is 2.24. The van der Waals surface area contributed by atoms with Crippen molar-refractivity contribution in [2.24, 2.45) is 0 Å². The fraction of sp³-hybridized carbons (Fsp3) is 0.333. The van der Waals surface area contributed by atoms with Gasteiger partial charge in [0.2, 0.25) is 0 Å². The van der Waals surface area contributed by atoms with Crippen molar-refractivity contribution in [2.75, 3.05) is 0 Å². The van der Waals surface area contributed by atoms with E-state index in [9.17, 15) is 4.79 Å². The summed E-state index contributed by atoms with van der Waals surface area (Å²) in [6.45, 7) is 4.26. The number of benzene rings is 1. The number of hydrogen-bond acceptors (Lipinski definition) is 4. The van der Waals surface area contributed by atoms with Crippen LogP contribution in [0.25, 0.3) is 15.9 Å². The molecule has 5 heteroatoms. The molecule has 0 saturated carbocycles. The Labute approximate surface area is 143 Å². The molecule has 0 spiro atoms. The van der Waals surface area contributed by atoms with Gasteiger partial charge in [-0.1, -0.05) is 43.8 Å². The Hall–Kier alpha value is -1.59. The molecule has 2 aromatic heterocycles. The molecule has 0 radical (unpaired) electrons. The van der Waals surface area contributed by atoms with Crippen LogP contribution in [-0.4, -0.2) is 14.8 Å². The minimum atomic E-state index is 0.0868. The molecule has 0 fully saturated rings. The first-order chi connectivity index (χ1) is 11.1. The van der Waals surface area contributed by atoms with Crippen molar-refractivity contribution in [3.63, 3.8) is 0 Å². The second-order valence-electron chi connectivity index (χ2n) is 6.07. The smallest absolute Gasteiger partial charge is 0.267 e. The molecule has 0 N–H and O–H groups in total. The lowest BCUT2D eigenvalue weighted by molar-refractivity contribution is 0.816. The number of thiophene rings is 1. The normalized spacial score (nSPS) is 13.9. The van der Waals surface area contributed by atoms with E-state index < -0.39 is 0 Å². The van der Waals surface area contributed by atoms with Crippen LogP contribution in [0.15, 0.2) is 40.3 Å². The fourth-order valence-corrected chi connectivity index (χ4v) is 5.29. The van der Waals surface area contributed by atoms with Gasteiger partial charge >= 0.3 is 0 Å². The maximum Gasteiger partial charge on any atom is 0.267 e. The Balaban J connectivity index is 2.05. The molecule has 3 nitrogen and oxygen atoms in total. The Kier molecular flexibility index (Phi) is 3.77. The van der Waals surface area contributed by atoms with E-state index in [1.54, 1.807) is 27.7 Å². The average molecular weight is 342 g/mol. The number of para-hydroxylation sites is 1. The topological polar surface area (TPSA) is 34.9 Å². The third kappa shape index (κ3) is 2.52. The first-order valence-electron chi connectivity index (χ1n) is 7.94. The van der Waals surface area contributed by atoms with Crippen LogP contribution < -0.4 is 5.56 Å². The predicted molar refractivity (Wildman–Crippen MR) is 98.2 cm³/mol. The van der Waals surface area contributed by atoms with E-state index in [1.165, 1.54) is 10.4 Å². The van der Waals surface area contributed by atoms with Crippen LogP contribution in [0.3, 0.4) is 0 Å². The van der Waals surface area contributed by atoms with Crippen LogP contribution in [0.4, 0.5) is 0 Å². The lowest BCUT2D eigenvalue weighted by Gasteiger charge is -2.13. The molecule has 0 atom stereocenters. The predicted octanol–water partition coefficient (Wildman–Crippen LogP) is 4.44.